The number of thiophene rings is 1. The zero-order chi connectivity index (χ0) is 24.4. The fraction of sp³-hybridized carbons (Fsp3) is 0.115. The molecule has 0 aliphatic rings. The van der Waals surface area contributed by atoms with E-state index in [1.165, 1.54) is 29.7 Å². The van der Waals surface area contributed by atoms with Crippen molar-refractivity contribution in [2.24, 2.45) is 5.10 Å². The minimum Gasteiger partial charge on any atom is -0.455 e. The van der Waals surface area contributed by atoms with Crippen LogP contribution in [0.1, 0.15) is 26.7 Å². The van der Waals surface area contributed by atoms with Crippen LogP contribution in [0, 0.1) is 12.7 Å². The number of aryl methyl sites for hydroxylation is 1. The molecule has 35 heavy (non-hydrogen) atoms. The zero-order valence-corrected chi connectivity index (χ0v) is 19.8. The molecule has 1 amide bonds. The predicted molar refractivity (Wildman–Crippen MR) is 134 cm³/mol. The van der Waals surface area contributed by atoms with E-state index in [4.69, 9.17) is 9.15 Å². The van der Waals surface area contributed by atoms with Crippen molar-refractivity contribution < 1.29 is 18.3 Å². The molecule has 0 unspecified atom stereocenters. The third-order valence-electron chi connectivity index (χ3n) is 5.33. The average Bonchev–Trinajstić information content (AvgIpc) is 3.59. The Bertz CT molecular complexity index is 1520. The SMILES string of the molecule is COCc1cc(C)nc2sc(C(=O)NN=Cc3ccc(-c4ccc(F)cc4)o3)c(-n3cccc3)c12. The number of rotatable bonds is 7. The number of nitrogens with zero attached hydrogens (tertiary/aromatic N) is 3. The highest BCUT2D eigenvalue weighted by molar-refractivity contribution is 7.21. The van der Waals surface area contributed by atoms with Crippen molar-refractivity contribution in [1.82, 2.24) is 15.0 Å². The van der Waals surface area contributed by atoms with Gasteiger partial charge in [0.05, 0.1) is 18.5 Å². The molecule has 1 aromatic carbocycles. The van der Waals surface area contributed by atoms with E-state index >= 15 is 0 Å². The number of carbonyl (C=O) groups is 1. The lowest BCUT2D eigenvalue weighted by Crippen LogP contribution is -2.18. The maximum atomic E-state index is 13.2. The highest BCUT2D eigenvalue weighted by atomic mass is 32.1. The molecule has 5 rings (SSSR count). The van der Waals surface area contributed by atoms with Crippen molar-refractivity contribution in [3.63, 3.8) is 0 Å². The van der Waals surface area contributed by atoms with Crippen LogP contribution in [0.4, 0.5) is 4.39 Å². The molecule has 0 aliphatic carbocycles. The number of furan rings is 1. The molecule has 1 N–H and O–H groups in total. The van der Waals surface area contributed by atoms with Gasteiger partial charge < -0.3 is 13.7 Å². The van der Waals surface area contributed by atoms with Gasteiger partial charge in [-0.25, -0.2) is 14.8 Å². The second-order valence-electron chi connectivity index (χ2n) is 7.81. The van der Waals surface area contributed by atoms with E-state index < -0.39 is 0 Å². The van der Waals surface area contributed by atoms with E-state index in [1.807, 2.05) is 42.1 Å². The summed E-state index contributed by atoms with van der Waals surface area (Å²) in [6.07, 6.45) is 5.20. The highest BCUT2D eigenvalue weighted by Gasteiger charge is 2.23. The van der Waals surface area contributed by atoms with Crippen molar-refractivity contribution in [2.75, 3.05) is 7.11 Å². The first-order chi connectivity index (χ1) is 17.0. The van der Waals surface area contributed by atoms with Crippen molar-refractivity contribution >= 4 is 33.7 Å². The number of halogens is 1. The number of ether oxygens (including phenoxy) is 1. The number of methoxy groups -OCH3 is 1. The van der Waals surface area contributed by atoms with Crippen molar-refractivity contribution in [1.29, 1.82) is 0 Å². The fourth-order valence-electron chi connectivity index (χ4n) is 3.85. The molecule has 9 heteroatoms. The van der Waals surface area contributed by atoms with Gasteiger partial charge in [-0.15, -0.1) is 11.3 Å². The summed E-state index contributed by atoms with van der Waals surface area (Å²) >= 11 is 1.31. The summed E-state index contributed by atoms with van der Waals surface area (Å²) in [4.78, 5) is 19.1. The Morgan fingerprint density at radius 1 is 1.23 bits per heavy atom. The second-order valence-corrected chi connectivity index (χ2v) is 8.81. The number of nitrogens with one attached hydrogen (secondary N) is 1. The lowest BCUT2D eigenvalue weighted by atomic mass is 10.1. The molecule has 4 aromatic heterocycles. The summed E-state index contributed by atoms with van der Waals surface area (Å²) in [5, 5.41) is 4.96. The molecular formula is C26H21FN4O3S. The van der Waals surface area contributed by atoms with Gasteiger partial charge in [0.2, 0.25) is 0 Å². The number of benzene rings is 1. The molecular weight excluding hydrogens is 467 g/mol. The summed E-state index contributed by atoms with van der Waals surface area (Å²) in [5.41, 5.74) is 5.88. The van der Waals surface area contributed by atoms with Crippen LogP contribution in [-0.2, 0) is 11.3 Å². The Hall–Kier alpha value is -4.08. The molecule has 176 valence electrons. The standard InChI is InChI=1S/C26H21FN4O3S/c1-16-13-18(15-33-2)22-23(31-11-3-4-12-31)24(35-26(22)29-16)25(32)30-28-14-20-9-10-21(34-20)17-5-7-19(27)8-6-17/h3-14H,15H2,1-2H3,(H,30,32). The van der Waals surface area contributed by atoms with Gasteiger partial charge in [0.1, 0.15) is 27.0 Å². The van der Waals surface area contributed by atoms with Gasteiger partial charge in [-0.3, -0.25) is 4.79 Å². The molecule has 0 spiro atoms. The van der Waals surface area contributed by atoms with Crippen LogP contribution < -0.4 is 5.43 Å². The van der Waals surface area contributed by atoms with Crippen LogP contribution in [0.15, 0.2) is 76.5 Å². The van der Waals surface area contributed by atoms with Gasteiger partial charge in [-0.1, -0.05) is 0 Å². The van der Waals surface area contributed by atoms with Crippen LogP contribution in [0.2, 0.25) is 0 Å². The average molecular weight is 489 g/mol. The molecule has 5 aromatic rings. The maximum Gasteiger partial charge on any atom is 0.283 e. The number of pyridine rings is 1. The summed E-state index contributed by atoms with van der Waals surface area (Å²) in [6, 6.07) is 15.3. The monoisotopic (exact) mass is 488 g/mol. The zero-order valence-electron chi connectivity index (χ0n) is 19.0. The number of aromatic nitrogens is 2. The molecule has 0 saturated carbocycles. The second kappa shape index (κ2) is 9.65. The molecule has 0 bridgehead atoms. The van der Waals surface area contributed by atoms with Crippen LogP contribution in [-0.4, -0.2) is 28.8 Å². The first kappa shape index (κ1) is 22.7. The first-order valence-electron chi connectivity index (χ1n) is 10.8. The van der Waals surface area contributed by atoms with Gasteiger partial charge in [0.25, 0.3) is 5.91 Å². The molecule has 0 aliphatic heterocycles. The predicted octanol–water partition coefficient (Wildman–Crippen LogP) is 5.70. The van der Waals surface area contributed by atoms with Gasteiger partial charge in [-0.05, 0) is 67.1 Å². The third kappa shape index (κ3) is 4.64. The third-order valence-corrected chi connectivity index (χ3v) is 6.40. The minimum absolute atomic E-state index is 0.315. The Kier molecular flexibility index (Phi) is 6.26. The summed E-state index contributed by atoms with van der Waals surface area (Å²) < 4.78 is 26.2. The lowest BCUT2D eigenvalue weighted by Gasteiger charge is -2.09. The Labute approximate surface area is 204 Å². The van der Waals surface area contributed by atoms with Crippen LogP contribution in [0.5, 0.6) is 0 Å². The van der Waals surface area contributed by atoms with E-state index in [9.17, 15) is 9.18 Å². The van der Waals surface area contributed by atoms with E-state index in [-0.39, 0.29) is 11.7 Å². The van der Waals surface area contributed by atoms with Gasteiger partial charge >= 0.3 is 0 Å². The molecule has 4 heterocycles. The number of fused-ring (bicyclic) bond motifs is 1. The van der Waals surface area contributed by atoms with Crippen LogP contribution in [0.25, 0.3) is 27.2 Å². The Morgan fingerprint density at radius 3 is 2.74 bits per heavy atom. The Balaban J connectivity index is 1.43. The molecule has 0 radical (unpaired) electrons. The Morgan fingerprint density at radius 2 is 2.00 bits per heavy atom. The quantitative estimate of drug-likeness (QED) is 0.235. The first-order valence-corrected chi connectivity index (χ1v) is 11.6. The van der Waals surface area contributed by atoms with E-state index in [0.717, 1.165) is 32.7 Å². The number of hydrogen-bond acceptors (Lipinski definition) is 6. The van der Waals surface area contributed by atoms with E-state index in [1.54, 1.807) is 31.4 Å². The van der Waals surface area contributed by atoms with Crippen molar-refractivity contribution in [3.05, 3.63) is 94.7 Å². The molecule has 0 fully saturated rings. The smallest absolute Gasteiger partial charge is 0.283 e. The highest BCUT2D eigenvalue weighted by Crippen LogP contribution is 2.36. The number of carbonyl (C=O) groups excluding carboxylic acids is 1. The van der Waals surface area contributed by atoms with E-state index in [0.29, 0.717) is 23.0 Å². The fourth-order valence-corrected chi connectivity index (χ4v) is 5.00. The maximum absolute atomic E-state index is 13.2. The number of hydrogen-bond donors (Lipinski definition) is 1. The van der Waals surface area contributed by atoms with Gasteiger partial charge in [0, 0.05) is 36.1 Å². The number of hydrazone groups is 1. The topological polar surface area (TPSA) is 81.7 Å². The number of amides is 1. The summed E-state index contributed by atoms with van der Waals surface area (Å²) in [7, 11) is 1.64. The van der Waals surface area contributed by atoms with Crippen LogP contribution >= 0.6 is 11.3 Å². The minimum atomic E-state index is -0.362. The normalized spacial score (nSPS) is 11.5. The van der Waals surface area contributed by atoms with Crippen molar-refractivity contribution in [3.8, 4) is 17.0 Å². The van der Waals surface area contributed by atoms with Gasteiger partial charge in [0.15, 0.2) is 0 Å². The largest absolute Gasteiger partial charge is 0.455 e. The molecule has 0 atom stereocenters. The summed E-state index contributed by atoms with van der Waals surface area (Å²) in [6.45, 7) is 2.32. The summed E-state index contributed by atoms with van der Waals surface area (Å²) in [5.74, 6) is 0.347. The van der Waals surface area contributed by atoms with E-state index in [2.05, 4.69) is 15.5 Å². The lowest BCUT2D eigenvalue weighted by molar-refractivity contribution is 0.0959. The van der Waals surface area contributed by atoms with Crippen LogP contribution in [0.3, 0.4) is 0 Å². The molecule has 7 nitrogen and oxygen atoms in total. The molecule has 0 saturated heterocycles. The van der Waals surface area contributed by atoms with Crippen molar-refractivity contribution in [2.45, 2.75) is 13.5 Å². The van der Waals surface area contributed by atoms with Gasteiger partial charge in [-0.2, -0.15) is 5.10 Å².